The standard InChI is InChI=1S/C17H24N2O2/c1-3-11-19(14-17(21)18-2)13-16-9-7-15(8-10-16)6-4-5-12-20/h7-10,20H,3,5,11-14H2,1-2H3,(H,18,21). The number of nitrogens with one attached hydrogen (secondary N) is 1. The van der Waals surface area contributed by atoms with Crippen molar-refractivity contribution in [2.45, 2.75) is 26.3 Å². The monoisotopic (exact) mass is 288 g/mol. The molecule has 0 fully saturated rings. The van der Waals surface area contributed by atoms with E-state index in [0.717, 1.165) is 25.1 Å². The lowest BCUT2D eigenvalue weighted by molar-refractivity contribution is -0.121. The van der Waals surface area contributed by atoms with Gasteiger partial charge in [-0.1, -0.05) is 30.9 Å². The molecule has 0 atom stereocenters. The molecule has 1 amide bonds. The predicted molar refractivity (Wildman–Crippen MR) is 84.7 cm³/mol. The number of hydrogen-bond donors (Lipinski definition) is 2. The maximum Gasteiger partial charge on any atom is 0.233 e. The highest BCUT2D eigenvalue weighted by Gasteiger charge is 2.09. The van der Waals surface area contributed by atoms with E-state index >= 15 is 0 Å². The third-order valence-corrected chi connectivity index (χ3v) is 3.02. The Morgan fingerprint density at radius 3 is 2.62 bits per heavy atom. The van der Waals surface area contributed by atoms with Crippen molar-refractivity contribution in [1.82, 2.24) is 10.2 Å². The summed E-state index contributed by atoms with van der Waals surface area (Å²) in [4.78, 5) is 13.6. The Morgan fingerprint density at radius 1 is 1.33 bits per heavy atom. The quantitative estimate of drug-likeness (QED) is 0.745. The van der Waals surface area contributed by atoms with Gasteiger partial charge in [0.1, 0.15) is 0 Å². The van der Waals surface area contributed by atoms with Gasteiger partial charge in [-0.15, -0.1) is 0 Å². The third-order valence-electron chi connectivity index (χ3n) is 3.02. The first-order valence-corrected chi connectivity index (χ1v) is 7.31. The predicted octanol–water partition coefficient (Wildman–Crippen LogP) is 1.38. The summed E-state index contributed by atoms with van der Waals surface area (Å²) in [6.45, 7) is 4.27. The summed E-state index contributed by atoms with van der Waals surface area (Å²) >= 11 is 0. The molecule has 1 aromatic rings. The van der Waals surface area contributed by atoms with Crippen molar-refractivity contribution >= 4 is 5.91 Å². The Labute approximate surface area is 127 Å². The Kier molecular flexibility index (Phi) is 8.18. The molecular formula is C17H24N2O2. The van der Waals surface area contributed by atoms with Crippen LogP contribution in [-0.2, 0) is 11.3 Å². The third kappa shape index (κ3) is 6.94. The molecule has 0 saturated carbocycles. The highest BCUT2D eigenvalue weighted by molar-refractivity contribution is 5.77. The molecular weight excluding hydrogens is 264 g/mol. The van der Waals surface area contributed by atoms with Crippen LogP contribution in [0.15, 0.2) is 24.3 Å². The topological polar surface area (TPSA) is 52.6 Å². The molecule has 0 heterocycles. The lowest BCUT2D eigenvalue weighted by Gasteiger charge is -2.20. The molecule has 1 aromatic carbocycles. The first-order chi connectivity index (χ1) is 10.2. The minimum Gasteiger partial charge on any atom is -0.395 e. The van der Waals surface area contributed by atoms with Crippen molar-refractivity contribution in [2.75, 3.05) is 26.7 Å². The zero-order chi connectivity index (χ0) is 15.5. The summed E-state index contributed by atoms with van der Waals surface area (Å²) in [6.07, 6.45) is 1.51. The van der Waals surface area contributed by atoms with Crippen LogP contribution in [0.5, 0.6) is 0 Å². The van der Waals surface area contributed by atoms with Gasteiger partial charge in [0.2, 0.25) is 5.91 Å². The van der Waals surface area contributed by atoms with E-state index in [9.17, 15) is 4.79 Å². The molecule has 4 nitrogen and oxygen atoms in total. The van der Waals surface area contributed by atoms with E-state index in [-0.39, 0.29) is 12.5 Å². The number of carbonyl (C=O) groups is 1. The lowest BCUT2D eigenvalue weighted by Crippen LogP contribution is -2.35. The number of carbonyl (C=O) groups excluding carboxylic acids is 1. The molecule has 0 bridgehead atoms. The van der Waals surface area contributed by atoms with Gasteiger partial charge in [-0.3, -0.25) is 9.69 Å². The highest BCUT2D eigenvalue weighted by atomic mass is 16.2. The van der Waals surface area contributed by atoms with E-state index in [1.54, 1.807) is 7.05 Å². The van der Waals surface area contributed by atoms with Crippen LogP contribution < -0.4 is 5.32 Å². The van der Waals surface area contributed by atoms with Gasteiger partial charge in [0, 0.05) is 25.6 Å². The summed E-state index contributed by atoms with van der Waals surface area (Å²) < 4.78 is 0. The Morgan fingerprint density at radius 2 is 2.05 bits per heavy atom. The van der Waals surface area contributed by atoms with E-state index in [0.29, 0.717) is 13.0 Å². The number of aliphatic hydroxyl groups excluding tert-OH is 1. The van der Waals surface area contributed by atoms with Crippen LogP contribution in [0, 0.1) is 11.8 Å². The van der Waals surface area contributed by atoms with Gasteiger partial charge in [0.05, 0.1) is 13.2 Å². The smallest absolute Gasteiger partial charge is 0.233 e. The average Bonchev–Trinajstić information content (AvgIpc) is 2.49. The molecule has 0 aliphatic rings. The number of benzene rings is 1. The molecule has 2 N–H and O–H groups in total. The summed E-state index contributed by atoms with van der Waals surface area (Å²) in [5, 5.41) is 11.3. The van der Waals surface area contributed by atoms with Crippen molar-refractivity contribution in [3.05, 3.63) is 35.4 Å². The molecule has 0 aliphatic heterocycles. The highest BCUT2D eigenvalue weighted by Crippen LogP contribution is 2.07. The summed E-state index contributed by atoms with van der Waals surface area (Å²) in [5.41, 5.74) is 2.11. The minimum atomic E-state index is 0.0370. The van der Waals surface area contributed by atoms with Crippen molar-refractivity contribution in [1.29, 1.82) is 0 Å². The largest absolute Gasteiger partial charge is 0.395 e. The fourth-order valence-corrected chi connectivity index (χ4v) is 1.98. The van der Waals surface area contributed by atoms with Crippen LogP contribution in [-0.4, -0.2) is 42.7 Å². The summed E-state index contributed by atoms with van der Waals surface area (Å²) in [5.74, 6) is 5.94. The van der Waals surface area contributed by atoms with Gasteiger partial charge in [-0.05, 0) is 30.7 Å². The van der Waals surface area contributed by atoms with Gasteiger partial charge in [0.25, 0.3) is 0 Å². The van der Waals surface area contributed by atoms with Crippen molar-refractivity contribution in [3.8, 4) is 11.8 Å². The second-order valence-electron chi connectivity index (χ2n) is 4.86. The Hall–Kier alpha value is -1.83. The maximum absolute atomic E-state index is 11.5. The number of amides is 1. The van der Waals surface area contributed by atoms with Crippen LogP contribution in [0.4, 0.5) is 0 Å². The first-order valence-electron chi connectivity index (χ1n) is 7.31. The van der Waals surface area contributed by atoms with E-state index in [4.69, 9.17) is 5.11 Å². The Balaban J connectivity index is 2.63. The summed E-state index contributed by atoms with van der Waals surface area (Å²) in [7, 11) is 1.66. The van der Waals surface area contributed by atoms with Crippen LogP contribution in [0.2, 0.25) is 0 Å². The van der Waals surface area contributed by atoms with Gasteiger partial charge < -0.3 is 10.4 Å². The zero-order valence-electron chi connectivity index (χ0n) is 12.9. The molecule has 21 heavy (non-hydrogen) atoms. The zero-order valence-corrected chi connectivity index (χ0v) is 12.9. The van der Waals surface area contributed by atoms with Gasteiger partial charge in [-0.25, -0.2) is 0 Å². The molecule has 0 spiro atoms. The second kappa shape index (κ2) is 9.98. The van der Waals surface area contributed by atoms with Crippen LogP contribution in [0.1, 0.15) is 30.9 Å². The van der Waals surface area contributed by atoms with E-state index < -0.39 is 0 Å². The Bertz CT molecular complexity index is 486. The fraction of sp³-hybridized carbons (Fsp3) is 0.471. The molecule has 0 saturated heterocycles. The maximum atomic E-state index is 11.5. The first kappa shape index (κ1) is 17.2. The average molecular weight is 288 g/mol. The number of hydrogen-bond acceptors (Lipinski definition) is 3. The fourth-order valence-electron chi connectivity index (χ4n) is 1.98. The van der Waals surface area contributed by atoms with Gasteiger partial charge >= 0.3 is 0 Å². The molecule has 0 aromatic heterocycles. The lowest BCUT2D eigenvalue weighted by atomic mass is 10.1. The van der Waals surface area contributed by atoms with Crippen LogP contribution in [0.3, 0.4) is 0 Å². The molecule has 0 aliphatic carbocycles. The number of aliphatic hydroxyl groups is 1. The molecule has 0 radical (unpaired) electrons. The van der Waals surface area contributed by atoms with Crippen molar-refractivity contribution in [2.24, 2.45) is 0 Å². The minimum absolute atomic E-state index is 0.0370. The normalized spacial score (nSPS) is 10.1. The second-order valence-corrected chi connectivity index (χ2v) is 4.86. The molecule has 4 heteroatoms. The molecule has 0 unspecified atom stereocenters. The van der Waals surface area contributed by atoms with Crippen LogP contribution >= 0.6 is 0 Å². The number of nitrogens with zero attached hydrogens (tertiary/aromatic N) is 1. The SMILES string of the molecule is CCCN(CC(=O)NC)Cc1ccc(C#CCCO)cc1. The molecule has 1 rings (SSSR count). The van der Waals surface area contributed by atoms with Gasteiger partial charge in [0.15, 0.2) is 0 Å². The number of rotatable bonds is 7. The molecule has 114 valence electrons. The summed E-state index contributed by atoms with van der Waals surface area (Å²) in [6, 6.07) is 8.03. The van der Waals surface area contributed by atoms with E-state index in [1.807, 2.05) is 24.3 Å². The van der Waals surface area contributed by atoms with E-state index in [2.05, 4.69) is 29.0 Å². The van der Waals surface area contributed by atoms with E-state index in [1.165, 1.54) is 5.56 Å². The van der Waals surface area contributed by atoms with Crippen molar-refractivity contribution < 1.29 is 9.90 Å². The number of likely N-dealkylation sites (N-methyl/N-ethyl adjacent to an activating group) is 1. The van der Waals surface area contributed by atoms with Crippen LogP contribution in [0.25, 0.3) is 0 Å². The van der Waals surface area contributed by atoms with Gasteiger partial charge in [-0.2, -0.15) is 0 Å². The van der Waals surface area contributed by atoms with Crippen molar-refractivity contribution in [3.63, 3.8) is 0 Å².